The summed E-state index contributed by atoms with van der Waals surface area (Å²) in [5.74, 6) is 0.357. The lowest BCUT2D eigenvalue weighted by atomic mass is 9.93. The molecule has 0 aromatic heterocycles. The van der Waals surface area contributed by atoms with E-state index in [0.29, 0.717) is 12.0 Å². The molecule has 1 heterocycles. The van der Waals surface area contributed by atoms with Crippen LogP contribution in [-0.4, -0.2) is 17.8 Å². The summed E-state index contributed by atoms with van der Waals surface area (Å²) in [7, 11) is 0. The molecule has 1 fully saturated rings. The first-order chi connectivity index (χ1) is 8.34. The maximum Gasteiger partial charge on any atom is 0.0825 e. The predicted molar refractivity (Wildman–Crippen MR) is 66.8 cm³/mol. The molecule has 2 aliphatic rings. The zero-order valence-corrected chi connectivity index (χ0v) is 10.1. The lowest BCUT2D eigenvalue weighted by Crippen LogP contribution is -2.24. The van der Waals surface area contributed by atoms with Crippen LogP contribution in [0.15, 0.2) is 24.3 Å². The van der Waals surface area contributed by atoms with Crippen LogP contribution in [0, 0.1) is 5.92 Å². The van der Waals surface area contributed by atoms with Gasteiger partial charge in [-0.3, -0.25) is 0 Å². The number of ether oxygens (including phenoxy) is 1. The molecule has 3 rings (SSSR count). The second-order valence-corrected chi connectivity index (χ2v) is 5.33. The van der Waals surface area contributed by atoms with E-state index in [-0.39, 0.29) is 6.10 Å². The van der Waals surface area contributed by atoms with Crippen molar-refractivity contribution in [1.82, 2.24) is 0 Å². The van der Waals surface area contributed by atoms with Gasteiger partial charge in [-0.1, -0.05) is 24.3 Å². The molecule has 2 heteroatoms. The number of aliphatic hydroxyl groups excluding tert-OH is 1. The highest BCUT2D eigenvalue weighted by molar-refractivity contribution is 5.34. The first-order valence-electron chi connectivity index (χ1n) is 6.72. The van der Waals surface area contributed by atoms with E-state index in [1.165, 1.54) is 24.8 Å². The van der Waals surface area contributed by atoms with Crippen LogP contribution in [0.1, 0.15) is 42.9 Å². The third kappa shape index (κ3) is 2.24. The Hall–Kier alpha value is -0.860. The Bertz CT molecular complexity index is 382. The van der Waals surface area contributed by atoms with Gasteiger partial charge in [-0.25, -0.2) is 0 Å². The number of rotatable bonds is 2. The second kappa shape index (κ2) is 4.79. The molecule has 0 radical (unpaired) electrons. The van der Waals surface area contributed by atoms with Crippen LogP contribution in [0.2, 0.25) is 0 Å². The number of aliphatic hydroxyl groups is 1. The van der Waals surface area contributed by atoms with Gasteiger partial charge in [0.15, 0.2) is 0 Å². The normalized spacial score (nSPS) is 32.4. The van der Waals surface area contributed by atoms with Crippen molar-refractivity contribution < 1.29 is 9.84 Å². The van der Waals surface area contributed by atoms with E-state index in [2.05, 4.69) is 18.2 Å². The number of hydrogen-bond acceptors (Lipinski definition) is 2. The molecule has 1 aromatic rings. The quantitative estimate of drug-likeness (QED) is 0.849. The monoisotopic (exact) mass is 232 g/mol. The van der Waals surface area contributed by atoms with E-state index in [4.69, 9.17) is 4.74 Å². The van der Waals surface area contributed by atoms with Crippen molar-refractivity contribution >= 4 is 0 Å². The summed E-state index contributed by atoms with van der Waals surface area (Å²) in [6.45, 7) is 0.903. The summed E-state index contributed by atoms with van der Waals surface area (Å²) in [4.78, 5) is 0. The highest BCUT2D eigenvalue weighted by Crippen LogP contribution is 2.39. The first-order valence-corrected chi connectivity index (χ1v) is 6.72. The predicted octanol–water partition coefficient (Wildman–Crippen LogP) is 2.85. The van der Waals surface area contributed by atoms with Gasteiger partial charge < -0.3 is 9.84 Å². The van der Waals surface area contributed by atoms with Crippen molar-refractivity contribution in [3.63, 3.8) is 0 Å². The zero-order chi connectivity index (χ0) is 11.7. The maximum atomic E-state index is 10.3. The Morgan fingerprint density at radius 2 is 2.12 bits per heavy atom. The first kappa shape index (κ1) is 11.2. The molecule has 17 heavy (non-hydrogen) atoms. The third-order valence-electron chi connectivity index (χ3n) is 4.14. The summed E-state index contributed by atoms with van der Waals surface area (Å²) in [5.41, 5.74) is 2.45. The van der Waals surface area contributed by atoms with Crippen molar-refractivity contribution in [3.8, 4) is 0 Å². The van der Waals surface area contributed by atoms with E-state index in [0.717, 1.165) is 25.0 Å². The molecule has 1 aliphatic heterocycles. The smallest absolute Gasteiger partial charge is 0.0825 e. The van der Waals surface area contributed by atoms with Gasteiger partial charge in [0.05, 0.1) is 12.2 Å². The zero-order valence-electron chi connectivity index (χ0n) is 10.1. The van der Waals surface area contributed by atoms with E-state index < -0.39 is 0 Å². The van der Waals surface area contributed by atoms with Crippen molar-refractivity contribution in [2.45, 2.75) is 44.3 Å². The van der Waals surface area contributed by atoms with Crippen LogP contribution in [0.3, 0.4) is 0 Å². The van der Waals surface area contributed by atoms with Gasteiger partial charge in [-0.05, 0) is 49.1 Å². The second-order valence-electron chi connectivity index (χ2n) is 5.33. The average molecular weight is 232 g/mol. The lowest BCUT2D eigenvalue weighted by Gasteiger charge is -2.26. The Kier molecular flexibility index (Phi) is 3.17. The Balaban J connectivity index is 1.67. The number of benzene rings is 1. The molecule has 1 saturated heterocycles. The van der Waals surface area contributed by atoms with Crippen molar-refractivity contribution in [1.29, 1.82) is 0 Å². The van der Waals surface area contributed by atoms with Gasteiger partial charge in [-0.15, -0.1) is 0 Å². The van der Waals surface area contributed by atoms with Crippen LogP contribution in [0.5, 0.6) is 0 Å². The molecular formula is C15H20O2. The van der Waals surface area contributed by atoms with E-state index in [9.17, 15) is 5.11 Å². The maximum absolute atomic E-state index is 10.3. The minimum atomic E-state index is -0.281. The van der Waals surface area contributed by atoms with Gasteiger partial charge in [0.1, 0.15) is 0 Å². The summed E-state index contributed by atoms with van der Waals surface area (Å²) >= 11 is 0. The molecule has 1 aliphatic carbocycles. The minimum Gasteiger partial charge on any atom is -0.388 e. The molecule has 0 spiro atoms. The standard InChI is InChI=1S/C15H20O2/c16-15-12(10-13-6-3-4-8-17-13)9-11-5-1-2-7-14(11)15/h1-2,5,7,12-13,15-16H,3-4,6,8-10H2. The molecule has 3 unspecified atom stereocenters. The van der Waals surface area contributed by atoms with Gasteiger partial charge in [-0.2, -0.15) is 0 Å². The molecule has 0 saturated carbocycles. The van der Waals surface area contributed by atoms with Gasteiger partial charge in [0, 0.05) is 6.61 Å². The van der Waals surface area contributed by atoms with Crippen molar-refractivity contribution in [3.05, 3.63) is 35.4 Å². The van der Waals surface area contributed by atoms with Crippen LogP contribution in [0.4, 0.5) is 0 Å². The van der Waals surface area contributed by atoms with Crippen molar-refractivity contribution in [2.24, 2.45) is 5.92 Å². The summed E-state index contributed by atoms with van der Waals surface area (Å²) in [5, 5.41) is 10.3. The van der Waals surface area contributed by atoms with Crippen LogP contribution >= 0.6 is 0 Å². The molecule has 0 amide bonds. The molecule has 1 N–H and O–H groups in total. The largest absolute Gasteiger partial charge is 0.388 e. The van der Waals surface area contributed by atoms with E-state index in [1.54, 1.807) is 0 Å². The topological polar surface area (TPSA) is 29.5 Å². The summed E-state index contributed by atoms with van der Waals surface area (Å²) < 4.78 is 5.78. The highest BCUT2D eigenvalue weighted by Gasteiger charge is 2.32. The Labute approximate surface area is 103 Å². The molecule has 3 atom stereocenters. The van der Waals surface area contributed by atoms with Crippen molar-refractivity contribution in [2.75, 3.05) is 6.61 Å². The lowest BCUT2D eigenvalue weighted by molar-refractivity contribution is -0.0132. The van der Waals surface area contributed by atoms with E-state index >= 15 is 0 Å². The number of hydrogen-bond donors (Lipinski definition) is 1. The molecule has 1 aromatic carbocycles. The van der Waals surface area contributed by atoms with Crippen LogP contribution in [0.25, 0.3) is 0 Å². The van der Waals surface area contributed by atoms with Gasteiger partial charge in [0.2, 0.25) is 0 Å². The van der Waals surface area contributed by atoms with Crippen LogP contribution in [-0.2, 0) is 11.2 Å². The Morgan fingerprint density at radius 3 is 2.88 bits per heavy atom. The fourth-order valence-electron chi connectivity index (χ4n) is 3.20. The average Bonchev–Trinajstić information content (AvgIpc) is 2.68. The molecular weight excluding hydrogens is 212 g/mol. The van der Waals surface area contributed by atoms with Crippen LogP contribution < -0.4 is 0 Å². The number of fused-ring (bicyclic) bond motifs is 1. The summed E-state index contributed by atoms with van der Waals surface area (Å²) in [6, 6.07) is 8.27. The molecule has 0 bridgehead atoms. The van der Waals surface area contributed by atoms with Gasteiger partial charge in [0.25, 0.3) is 0 Å². The van der Waals surface area contributed by atoms with Gasteiger partial charge >= 0.3 is 0 Å². The fraction of sp³-hybridized carbons (Fsp3) is 0.600. The SMILES string of the molecule is OC1c2ccccc2CC1CC1CCCCO1. The minimum absolute atomic E-state index is 0.281. The third-order valence-corrected chi connectivity index (χ3v) is 4.14. The Morgan fingerprint density at radius 1 is 1.24 bits per heavy atom. The van der Waals surface area contributed by atoms with E-state index in [1.807, 2.05) is 6.07 Å². The molecule has 2 nitrogen and oxygen atoms in total. The fourth-order valence-corrected chi connectivity index (χ4v) is 3.20. The highest BCUT2D eigenvalue weighted by atomic mass is 16.5. The molecule has 92 valence electrons. The summed E-state index contributed by atoms with van der Waals surface area (Å²) in [6.07, 6.45) is 5.76.